The number of benzene rings is 1. The molecule has 0 saturated carbocycles. The number of carbonyl (C=O) groups is 3. The molecule has 2 aromatic rings. The third kappa shape index (κ3) is 4.19. The Morgan fingerprint density at radius 1 is 1.19 bits per heavy atom. The van der Waals surface area contributed by atoms with Crippen LogP contribution in [0.1, 0.15) is 38.8 Å². The summed E-state index contributed by atoms with van der Waals surface area (Å²) in [5.74, 6) is -1.07. The molecule has 0 fully saturated rings. The number of hydrogen-bond donors (Lipinski definition) is 1. The van der Waals surface area contributed by atoms with Gasteiger partial charge >= 0.3 is 5.97 Å². The summed E-state index contributed by atoms with van der Waals surface area (Å²) in [6, 6.07) is 8.04. The molecule has 0 radical (unpaired) electrons. The molecule has 1 aromatic carbocycles. The van der Waals surface area contributed by atoms with E-state index in [9.17, 15) is 14.4 Å². The van der Waals surface area contributed by atoms with Crippen molar-refractivity contribution in [3.05, 3.63) is 51.4 Å². The topological polar surface area (TPSA) is 75.7 Å². The molecular weight excluding hydrogens is 364 g/mol. The van der Waals surface area contributed by atoms with E-state index in [2.05, 4.69) is 11.4 Å². The van der Waals surface area contributed by atoms with Gasteiger partial charge in [0.25, 0.3) is 5.91 Å². The van der Waals surface area contributed by atoms with Crippen molar-refractivity contribution in [3.8, 4) is 0 Å². The zero-order valence-corrected chi connectivity index (χ0v) is 16.4. The number of amides is 2. The molecular formula is C20H22N2O4S. The van der Waals surface area contributed by atoms with Crippen molar-refractivity contribution < 1.29 is 19.1 Å². The van der Waals surface area contributed by atoms with E-state index in [1.807, 2.05) is 25.1 Å². The molecule has 0 aliphatic carbocycles. The van der Waals surface area contributed by atoms with Gasteiger partial charge in [0.05, 0.1) is 5.56 Å². The van der Waals surface area contributed by atoms with Gasteiger partial charge in [0.2, 0.25) is 5.91 Å². The van der Waals surface area contributed by atoms with E-state index in [4.69, 9.17) is 4.74 Å². The lowest BCUT2D eigenvalue weighted by molar-refractivity contribution is -0.135. The van der Waals surface area contributed by atoms with Crippen LogP contribution in [0.5, 0.6) is 0 Å². The normalized spacial score (nSPS) is 13.1. The van der Waals surface area contributed by atoms with Gasteiger partial charge in [-0.05, 0) is 37.0 Å². The molecule has 0 spiro atoms. The lowest BCUT2D eigenvalue weighted by Crippen LogP contribution is -2.38. The fourth-order valence-corrected chi connectivity index (χ4v) is 4.21. The second kappa shape index (κ2) is 7.92. The quantitative estimate of drug-likeness (QED) is 0.820. The molecule has 3 rings (SSSR count). The maximum Gasteiger partial charge on any atom is 0.341 e. The SMILES string of the molecule is CC(=O)Nc1sc(C)c(C)c1C(=O)OCC(=O)N1CCc2ccccc2C1. The number of fused-ring (bicyclic) bond motifs is 1. The predicted octanol–water partition coefficient (Wildman–Crippen LogP) is 3.07. The third-order valence-electron chi connectivity index (χ3n) is 4.69. The van der Waals surface area contributed by atoms with Gasteiger partial charge in [0, 0.05) is 24.9 Å². The molecule has 1 aliphatic heterocycles. The molecule has 142 valence electrons. The maximum absolute atomic E-state index is 12.5. The highest BCUT2D eigenvalue weighted by Gasteiger charge is 2.25. The fourth-order valence-electron chi connectivity index (χ4n) is 3.12. The van der Waals surface area contributed by atoms with Crippen LogP contribution in [0.15, 0.2) is 24.3 Å². The number of esters is 1. The summed E-state index contributed by atoms with van der Waals surface area (Å²) in [5.41, 5.74) is 3.46. The molecule has 0 bridgehead atoms. The smallest absolute Gasteiger partial charge is 0.341 e. The molecule has 27 heavy (non-hydrogen) atoms. The number of nitrogens with zero attached hydrogens (tertiary/aromatic N) is 1. The Morgan fingerprint density at radius 3 is 2.59 bits per heavy atom. The van der Waals surface area contributed by atoms with Crippen LogP contribution >= 0.6 is 11.3 Å². The summed E-state index contributed by atoms with van der Waals surface area (Å²) in [5, 5.41) is 3.12. The molecule has 2 heterocycles. The van der Waals surface area contributed by atoms with E-state index in [0.29, 0.717) is 23.7 Å². The summed E-state index contributed by atoms with van der Waals surface area (Å²) in [6.07, 6.45) is 0.797. The Bertz CT molecular complexity index is 903. The lowest BCUT2D eigenvalue weighted by Gasteiger charge is -2.28. The molecule has 1 aromatic heterocycles. The number of hydrogen-bond acceptors (Lipinski definition) is 5. The van der Waals surface area contributed by atoms with Gasteiger partial charge < -0.3 is 15.0 Å². The minimum absolute atomic E-state index is 0.219. The third-order valence-corrected chi connectivity index (χ3v) is 5.81. The van der Waals surface area contributed by atoms with E-state index in [0.717, 1.165) is 22.4 Å². The van der Waals surface area contributed by atoms with Crippen LogP contribution in [0, 0.1) is 13.8 Å². The largest absolute Gasteiger partial charge is 0.452 e. The second-order valence-electron chi connectivity index (χ2n) is 6.58. The highest BCUT2D eigenvalue weighted by Crippen LogP contribution is 2.33. The van der Waals surface area contributed by atoms with Gasteiger partial charge in [-0.25, -0.2) is 4.79 Å². The minimum atomic E-state index is -0.591. The average molecular weight is 386 g/mol. The minimum Gasteiger partial charge on any atom is -0.452 e. The lowest BCUT2D eigenvalue weighted by atomic mass is 10.00. The Hall–Kier alpha value is -2.67. The van der Waals surface area contributed by atoms with Crippen LogP contribution in [0.25, 0.3) is 0 Å². The maximum atomic E-state index is 12.5. The highest BCUT2D eigenvalue weighted by molar-refractivity contribution is 7.16. The Kier molecular flexibility index (Phi) is 5.60. The van der Waals surface area contributed by atoms with Crippen molar-refractivity contribution in [1.29, 1.82) is 0 Å². The van der Waals surface area contributed by atoms with E-state index in [-0.39, 0.29) is 18.4 Å². The van der Waals surface area contributed by atoms with Crippen molar-refractivity contribution in [2.75, 3.05) is 18.5 Å². The molecule has 0 saturated heterocycles. The van der Waals surface area contributed by atoms with Gasteiger partial charge in [-0.1, -0.05) is 24.3 Å². The molecule has 1 N–H and O–H groups in total. The monoisotopic (exact) mass is 386 g/mol. The van der Waals surface area contributed by atoms with Crippen LogP contribution in [-0.2, 0) is 27.3 Å². The summed E-state index contributed by atoms with van der Waals surface area (Å²) in [4.78, 5) is 39.0. The van der Waals surface area contributed by atoms with Crippen LogP contribution in [-0.4, -0.2) is 35.8 Å². The fraction of sp³-hybridized carbons (Fsp3) is 0.350. The molecule has 7 heteroatoms. The number of anilines is 1. The van der Waals surface area contributed by atoms with Gasteiger partial charge in [0.1, 0.15) is 5.00 Å². The van der Waals surface area contributed by atoms with Crippen LogP contribution in [0.2, 0.25) is 0 Å². The van der Waals surface area contributed by atoms with Crippen LogP contribution < -0.4 is 5.32 Å². The highest BCUT2D eigenvalue weighted by atomic mass is 32.1. The van der Waals surface area contributed by atoms with Crippen molar-refractivity contribution in [2.24, 2.45) is 0 Å². The number of rotatable bonds is 4. The number of ether oxygens (including phenoxy) is 1. The summed E-state index contributed by atoms with van der Waals surface area (Å²) in [6.45, 7) is 5.89. The molecule has 1 aliphatic rings. The van der Waals surface area contributed by atoms with Crippen LogP contribution in [0.3, 0.4) is 0 Å². The second-order valence-corrected chi connectivity index (χ2v) is 7.80. The van der Waals surface area contributed by atoms with Gasteiger partial charge in [-0.2, -0.15) is 0 Å². The first kappa shape index (κ1) is 19.1. The van der Waals surface area contributed by atoms with E-state index >= 15 is 0 Å². The Balaban J connectivity index is 1.64. The zero-order chi connectivity index (χ0) is 19.6. The standard InChI is InChI=1S/C20H22N2O4S/c1-12-13(2)27-19(21-14(3)23)18(12)20(25)26-11-17(24)22-9-8-15-6-4-5-7-16(15)10-22/h4-7H,8-11H2,1-3H3,(H,21,23). The number of nitrogens with one attached hydrogen (secondary N) is 1. The molecule has 2 amide bonds. The first-order valence-electron chi connectivity index (χ1n) is 8.76. The predicted molar refractivity (Wildman–Crippen MR) is 104 cm³/mol. The Morgan fingerprint density at radius 2 is 1.89 bits per heavy atom. The summed E-state index contributed by atoms with van der Waals surface area (Å²) >= 11 is 1.32. The van der Waals surface area contributed by atoms with Crippen molar-refractivity contribution in [3.63, 3.8) is 0 Å². The van der Waals surface area contributed by atoms with Gasteiger partial charge in [-0.15, -0.1) is 11.3 Å². The van der Waals surface area contributed by atoms with E-state index < -0.39 is 5.97 Å². The number of thiophene rings is 1. The molecule has 0 atom stereocenters. The zero-order valence-electron chi connectivity index (χ0n) is 15.6. The number of aryl methyl sites for hydroxylation is 1. The van der Waals surface area contributed by atoms with Crippen molar-refractivity contribution >= 4 is 34.1 Å². The molecule has 6 nitrogen and oxygen atoms in total. The van der Waals surface area contributed by atoms with Crippen LogP contribution in [0.4, 0.5) is 5.00 Å². The Labute approximate surface area is 162 Å². The number of carbonyl (C=O) groups excluding carboxylic acids is 3. The van der Waals surface area contributed by atoms with Gasteiger partial charge in [0.15, 0.2) is 6.61 Å². The van der Waals surface area contributed by atoms with Crippen molar-refractivity contribution in [2.45, 2.75) is 33.7 Å². The summed E-state index contributed by atoms with van der Waals surface area (Å²) in [7, 11) is 0. The van der Waals surface area contributed by atoms with Crippen molar-refractivity contribution in [1.82, 2.24) is 4.90 Å². The average Bonchev–Trinajstić information content (AvgIpc) is 2.92. The first-order valence-corrected chi connectivity index (χ1v) is 9.57. The van der Waals surface area contributed by atoms with Gasteiger partial charge in [-0.3, -0.25) is 9.59 Å². The molecule has 0 unspecified atom stereocenters. The van der Waals surface area contributed by atoms with E-state index in [1.165, 1.54) is 23.8 Å². The summed E-state index contributed by atoms with van der Waals surface area (Å²) < 4.78 is 5.27. The van der Waals surface area contributed by atoms with E-state index in [1.54, 1.807) is 11.8 Å². The first-order chi connectivity index (χ1) is 12.9.